The second-order valence-corrected chi connectivity index (χ2v) is 5.64. The predicted molar refractivity (Wildman–Crippen MR) is 87.9 cm³/mol. The first-order valence-electron chi connectivity index (χ1n) is 6.06. The summed E-state index contributed by atoms with van der Waals surface area (Å²) in [5.41, 5.74) is 2.21. The van der Waals surface area contributed by atoms with Gasteiger partial charge in [-0.2, -0.15) is 0 Å². The van der Waals surface area contributed by atoms with Gasteiger partial charge in [-0.1, -0.05) is 57.9 Å². The van der Waals surface area contributed by atoms with Gasteiger partial charge >= 0.3 is 0 Å². The van der Waals surface area contributed by atoms with Crippen LogP contribution in [0.4, 0.5) is 5.69 Å². The van der Waals surface area contributed by atoms with Gasteiger partial charge in [0.2, 0.25) is 0 Å². The summed E-state index contributed by atoms with van der Waals surface area (Å²) in [6.07, 6.45) is 1.84. The SMILES string of the molecule is C/C(=C\c1ccccc1)C(=O)Nc1ccc(Br)cc1Cl. The van der Waals surface area contributed by atoms with Crippen molar-refractivity contribution in [1.82, 2.24) is 0 Å². The molecule has 0 aliphatic heterocycles. The van der Waals surface area contributed by atoms with Gasteiger partial charge in [0.05, 0.1) is 10.7 Å². The van der Waals surface area contributed by atoms with Crippen LogP contribution in [0.25, 0.3) is 6.08 Å². The Bertz CT molecular complexity index is 653. The van der Waals surface area contributed by atoms with Crippen LogP contribution in [0, 0.1) is 0 Å². The van der Waals surface area contributed by atoms with Gasteiger partial charge in [-0.05, 0) is 36.8 Å². The molecule has 2 aromatic carbocycles. The summed E-state index contributed by atoms with van der Waals surface area (Å²) in [7, 11) is 0. The monoisotopic (exact) mass is 349 g/mol. The highest BCUT2D eigenvalue weighted by atomic mass is 79.9. The molecule has 102 valence electrons. The Balaban J connectivity index is 2.14. The van der Waals surface area contributed by atoms with Crippen molar-refractivity contribution in [3.8, 4) is 0 Å². The first-order valence-corrected chi connectivity index (χ1v) is 7.23. The molecule has 0 heterocycles. The first-order chi connectivity index (χ1) is 9.56. The second kappa shape index (κ2) is 6.73. The largest absolute Gasteiger partial charge is 0.321 e. The lowest BCUT2D eigenvalue weighted by molar-refractivity contribution is -0.112. The third kappa shape index (κ3) is 3.95. The number of rotatable bonds is 3. The van der Waals surface area contributed by atoms with Crippen LogP contribution in [0.1, 0.15) is 12.5 Å². The number of nitrogens with one attached hydrogen (secondary N) is 1. The summed E-state index contributed by atoms with van der Waals surface area (Å²) in [4.78, 5) is 12.1. The molecule has 0 atom stereocenters. The number of hydrogen-bond acceptors (Lipinski definition) is 1. The van der Waals surface area contributed by atoms with Gasteiger partial charge in [0.25, 0.3) is 5.91 Å². The lowest BCUT2D eigenvalue weighted by Gasteiger charge is -2.08. The van der Waals surface area contributed by atoms with E-state index in [0.29, 0.717) is 16.3 Å². The summed E-state index contributed by atoms with van der Waals surface area (Å²) in [6, 6.07) is 15.0. The maximum atomic E-state index is 12.1. The molecule has 2 nitrogen and oxygen atoms in total. The molecule has 2 aromatic rings. The third-order valence-electron chi connectivity index (χ3n) is 2.72. The lowest BCUT2D eigenvalue weighted by atomic mass is 10.1. The molecule has 0 fully saturated rings. The van der Waals surface area contributed by atoms with E-state index >= 15 is 0 Å². The van der Waals surface area contributed by atoms with Crippen LogP contribution in [0.2, 0.25) is 5.02 Å². The van der Waals surface area contributed by atoms with Gasteiger partial charge in [0.15, 0.2) is 0 Å². The van der Waals surface area contributed by atoms with Crippen molar-refractivity contribution in [1.29, 1.82) is 0 Å². The van der Waals surface area contributed by atoms with Gasteiger partial charge in [-0.3, -0.25) is 4.79 Å². The zero-order chi connectivity index (χ0) is 14.5. The van der Waals surface area contributed by atoms with Crippen molar-refractivity contribution < 1.29 is 4.79 Å². The summed E-state index contributed by atoms with van der Waals surface area (Å²) in [6.45, 7) is 1.77. The highest BCUT2D eigenvalue weighted by Crippen LogP contribution is 2.26. The van der Waals surface area contributed by atoms with Crippen molar-refractivity contribution in [2.24, 2.45) is 0 Å². The molecule has 2 rings (SSSR count). The van der Waals surface area contributed by atoms with Crippen LogP contribution in [-0.4, -0.2) is 5.91 Å². The molecule has 4 heteroatoms. The van der Waals surface area contributed by atoms with E-state index in [-0.39, 0.29) is 5.91 Å². The van der Waals surface area contributed by atoms with Crippen LogP contribution >= 0.6 is 27.5 Å². The Morgan fingerprint density at radius 1 is 1.20 bits per heavy atom. The minimum atomic E-state index is -0.168. The molecule has 0 radical (unpaired) electrons. The van der Waals surface area contributed by atoms with E-state index in [2.05, 4.69) is 21.2 Å². The average molecular weight is 351 g/mol. The van der Waals surface area contributed by atoms with Crippen molar-refractivity contribution in [2.75, 3.05) is 5.32 Å². The summed E-state index contributed by atoms with van der Waals surface area (Å²) < 4.78 is 0.872. The zero-order valence-corrected chi connectivity index (χ0v) is 13.2. The van der Waals surface area contributed by atoms with Gasteiger partial charge in [0, 0.05) is 10.0 Å². The molecule has 0 unspecified atom stereocenters. The van der Waals surface area contributed by atoms with Gasteiger partial charge in [-0.15, -0.1) is 0 Å². The van der Waals surface area contributed by atoms with E-state index in [1.165, 1.54) is 0 Å². The summed E-state index contributed by atoms with van der Waals surface area (Å²) >= 11 is 9.40. The molecule has 0 aliphatic rings. The molecule has 0 saturated heterocycles. The molecule has 1 amide bonds. The number of anilines is 1. The molecule has 0 saturated carbocycles. The van der Waals surface area contributed by atoms with Gasteiger partial charge in [-0.25, -0.2) is 0 Å². The fourth-order valence-electron chi connectivity index (χ4n) is 1.68. The normalized spacial score (nSPS) is 11.2. The van der Waals surface area contributed by atoms with Crippen LogP contribution in [0.15, 0.2) is 58.6 Å². The predicted octanol–water partition coefficient (Wildman–Crippen LogP) is 5.14. The number of carbonyl (C=O) groups excluding carboxylic acids is 1. The molecular formula is C16H13BrClNO. The second-order valence-electron chi connectivity index (χ2n) is 4.32. The Hall–Kier alpha value is -1.58. The van der Waals surface area contributed by atoms with E-state index in [1.54, 1.807) is 19.1 Å². The highest BCUT2D eigenvalue weighted by Gasteiger charge is 2.08. The van der Waals surface area contributed by atoms with Crippen LogP contribution < -0.4 is 5.32 Å². The molecule has 0 aliphatic carbocycles. The van der Waals surface area contributed by atoms with Crippen LogP contribution in [0.5, 0.6) is 0 Å². The molecular weight excluding hydrogens is 338 g/mol. The molecule has 0 aromatic heterocycles. The van der Waals surface area contributed by atoms with E-state index in [9.17, 15) is 4.79 Å². The Kier molecular flexibility index (Phi) is 4.99. The maximum Gasteiger partial charge on any atom is 0.251 e. The molecule has 1 N–H and O–H groups in total. The number of halogens is 2. The van der Waals surface area contributed by atoms with E-state index in [4.69, 9.17) is 11.6 Å². The smallest absolute Gasteiger partial charge is 0.251 e. The highest BCUT2D eigenvalue weighted by molar-refractivity contribution is 9.10. The Labute approximate surface area is 131 Å². The number of benzene rings is 2. The minimum absolute atomic E-state index is 0.168. The minimum Gasteiger partial charge on any atom is -0.321 e. The number of amides is 1. The van der Waals surface area contributed by atoms with E-state index < -0.39 is 0 Å². The molecule has 20 heavy (non-hydrogen) atoms. The molecule has 0 spiro atoms. The number of hydrogen-bond donors (Lipinski definition) is 1. The van der Waals surface area contributed by atoms with Crippen molar-refractivity contribution >= 4 is 45.2 Å². The number of carbonyl (C=O) groups is 1. The Morgan fingerprint density at radius 2 is 1.90 bits per heavy atom. The quantitative estimate of drug-likeness (QED) is 0.763. The van der Waals surface area contributed by atoms with Crippen LogP contribution in [0.3, 0.4) is 0 Å². The topological polar surface area (TPSA) is 29.1 Å². The summed E-state index contributed by atoms with van der Waals surface area (Å²) in [5.74, 6) is -0.168. The van der Waals surface area contributed by atoms with Crippen molar-refractivity contribution in [3.63, 3.8) is 0 Å². The van der Waals surface area contributed by atoms with E-state index in [1.807, 2.05) is 42.5 Å². The first kappa shape index (κ1) is 14.8. The third-order valence-corrected chi connectivity index (χ3v) is 3.53. The fourth-order valence-corrected chi connectivity index (χ4v) is 2.40. The molecule has 0 bridgehead atoms. The lowest BCUT2D eigenvalue weighted by Crippen LogP contribution is -2.12. The standard InChI is InChI=1S/C16H13BrClNO/c1-11(9-12-5-3-2-4-6-12)16(20)19-15-8-7-13(17)10-14(15)18/h2-10H,1H3,(H,19,20)/b11-9+. The Morgan fingerprint density at radius 3 is 2.55 bits per heavy atom. The average Bonchev–Trinajstić information content (AvgIpc) is 2.43. The van der Waals surface area contributed by atoms with Crippen molar-refractivity contribution in [2.45, 2.75) is 6.92 Å². The zero-order valence-electron chi connectivity index (χ0n) is 10.9. The van der Waals surface area contributed by atoms with E-state index in [0.717, 1.165) is 10.0 Å². The van der Waals surface area contributed by atoms with Crippen molar-refractivity contribution in [3.05, 3.63) is 69.2 Å². The van der Waals surface area contributed by atoms with Gasteiger partial charge < -0.3 is 5.32 Å². The fraction of sp³-hybridized carbons (Fsp3) is 0.0625. The maximum absolute atomic E-state index is 12.1. The van der Waals surface area contributed by atoms with Crippen LogP contribution in [-0.2, 0) is 4.79 Å². The van der Waals surface area contributed by atoms with Gasteiger partial charge in [0.1, 0.15) is 0 Å². The summed E-state index contributed by atoms with van der Waals surface area (Å²) in [5, 5.41) is 3.30.